The summed E-state index contributed by atoms with van der Waals surface area (Å²) >= 11 is 0. The van der Waals surface area contributed by atoms with Gasteiger partial charge in [0.2, 0.25) is 0 Å². The second kappa shape index (κ2) is 5.50. The van der Waals surface area contributed by atoms with Crippen molar-refractivity contribution >= 4 is 5.69 Å². The molecule has 1 fully saturated rings. The van der Waals surface area contributed by atoms with E-state index in [-0.39, 0.29) is 0 Å². The number of anilines is 1. The fourth-order valence-corrected chi connectivity index (χ4v) is 2.39. The van der Waals surface area contributed by atoms with Gasteiger partial charge in [0.15, 0.2) is 0 Å². The lowest BCUT2D eigenvalue weighted by Crippen LogP contribution is -2.42. The number of aromatic nitrogens is 1. The first-order chi connectivity index (χ1) is 8.16. The molecule has 1 aliphatic heterocycles. The van der Waals surface area contributed by atoms with Gasteiger partial charge in [-0.2, -0.15) is 0 Å². The summed E-state index contributed by atoms with van der Waals surface area (Å²) in [4.78, 5) is 6.75. The van der Waals surface area contributed by atoms with Gasteiger partial charge in [0.1, 0.15) is 0 Å². The summed E-state index contributed by atoms with van der Waals surface area (Å²) in [5, 5.41) is 3.58. The van der Waals surface area contributed by atoms with Crippen LogP contribution in [0.5, 0.6) is 0 Å². The van der Waals surface area contributed by atoms with E-state index in [1.54, 1.807) is 0 Å². The quantitative estimate of drug-likeness (QED) is 0.806. The van der Waals surface area contributed by atoms with Crippen LogP contribution in [0.25, 0.3) is 0 Å². The normalized spacial score (nSPS) is 26.4. The Labute approximate surface area is 104 Å². The Balaban J connectivity index is 2.15. The van der Waals surface area contributed by atoms with Crippen molar-refractivity contribution in [3.63, 3.8) is 0 Å². The van der Waals surface area contributed by atoms with Crippen LogP contribution < -0.4 is 10.2 Å². The number of pyridine rings is 1. The molecule has 1 aromatic heterocycles. The van der Waals surface area contributed by atoms with E-state index in [2.05, 4.69) is 42.0 Å². The Morgan fingerprint density at radius 2 is 2.24 bits per heavy atom. The molecule has 2 unspecified atom stereocenters. The van der Waals surface area contributed by atoms with Crippen molar-refractivity contribution in [1.29, 1.82) is 0 Å². The summed E-state index contributed by atoms with van der Waals surface area (Å²) in [6, 6.07) is 2.71. The molecular formula is C14H23N3. The van der Waals surface area contributed by atoms with Crippen molar-refractivity contribution in [2.75, 3.05) is 24.5 Å². The van der Waals surface area contributed by atoms with Crippen molar-refractivity contribution in [2.24, 2.45) is 5.92 Å². The summed E-state index contributed by atoms with van der Waals surface area (Å²) in [6.45, 7) is 10.1. The molecule has 3 heteroatoms. The van der Waals surface area contributed by atoms with Gasteiger partial charge in [0.05, 0.1) is 11.9 Å². The molecule has 2 heterocycles. The third-order valence-electron chi connectivity index (χ3n) is 3.53. The molecule has 0 aliphatic carbocycles. The SMILES string of the molecule is Cc1ccncc1N1CCC(C)NCC(C)C1. The minimum atomic E-state index is 0.609. The van der Waals surface area contributed by atoms with Crippen LogP contribution in [0.2, 0.25) is 0 Å². The Bertz CT molecular complexity index is 364. The maximum atomic E-state index is 4.26. The lowest BCUT2D eigenvalue weighted by Gasteiger charge is -2.33. The standard InChI is InChI=1S/C14H23N3/c1-11-8-16-13(3)5-7-17(10-11)14-9-15-6-4-12(14)2/h4,6,9,11,13,16H,5,7-8,10H2,1-3H3. The molecule has 1 N–H and O–H groups in total. The van der Waals surface area contributed by atoms with Crippen molar-refractivity contribution in [3.8, 4) is 0 Å². The smallest absolute Gasteiger partial charge is 0.0582 e. The van der Waals surface area contributed by atoms with Gasteiger partial charge in [0.25, 0.3) is 0 Å². The molecule has 94 valence electrons. The van der Waals surface area contributed by atoms with E-state index < -0.39 is 0 Å². The van der Waals surface area contributed by atoms with Crippen LogP contribution in [0.1, 0.15) is 25.8 Å². The molecule has 3 nitrogen and oxygen atoms in total. The van der Waals surface area contributed by atoms with Crippen molar-refractivity contribution in [3.05, 3.63) is 24.0 Å². The minimum absolute atomic E-state index is 0.609. The fraction of sp³-hybridized carbons (Fsp3) is 0.643. The van der Waals surface area contributed by atoms with Crippen molar-refractivity contribution in [1.82, 2.24) is 10.3 Å². The van der Waals surface area contributed by atoms with Crippen LogP contribution in [-0.4, -0.2) is 30.7 Å². The van der Waals surface area contributed by atoms with Crippen LogP contribution in [0.3, 0.4) is 0 Å². The first-order valence-corrected chi connectivity index (χ1v) is 6.55. The molecule has 0 spiro atoms. The van der Waals surface area contributed by atoms with Gasteiger partial charge in [-0.15, -0.1) is 0 Å². The third kappa shape index (κ3) is 3.19. The van der Waals surface area contributed by atoms with Crippen LogP contribution in [0, 0.1) is 12.8 Å². The molecule has 0 aromatic carbocycles. The highest BCUT2D eigenvalue weighted by molar-refractivity contribution is 5.51. The van der Waals surface area contributed by atoms with Crippen molar-refractivity contribution in [2.45, 2.75) is 33.2 Å². The first kappa shape index (κ1) is 12.4. The lowest BCUT2D eigenvalue weighted by molar-refractivity contribution is 0.410. The summed E-state index contributed by atoms with van der Waals surface area (Å²) in [6.07, 6.45) is 5.07. The molecule has 17 heavy (non-hydrogen) atoms. The number of nitrogens with zero attached hydrogens (tertiary/aromatic N) is 2. The molecule has 0 saturated carbocycles. The predicted molar refractivity (Wildman–Crippen MR) is 72.4 cm³/mol. The zero-order valence-electron chi connectivity index (χ0n) is 11.1. The molecule has 1 saturated heterocycles. The molecular weight excluding hydrogens is 210 g/mol. The molecule has 0 bridgehead atoms. The zero-order valence-corrected chi connectivity index (χ0v) is 11.1. The summed E-state index contributed by atoms with van der Waals surface area (Å²) in [7, 11) is 0. The summed E-state index contributed by atoms with van der Waals surface area (Å²) in [5.41, 5.74) is 2.63. The molecule has 2 rings (SSSR count). The van der Waals surface area contributed by atoms with Crippen LogP contribution in [0.4, 0.5) is 5.69 Å². The van der Waals surface area contributed by atoms with E-state index in [9.17, 15) is 0 Å². The molecule has 2 atom stereocenters. The monoisotopic (exact) mass is 233 g/mol. The second-order valence-electron chi connectivity index (χ2n) is 5.31. The van der Waals surface area contributed by atoms with Crippen LogP contribution >= 0.6 is 0 Å². The van der Waals surface area contributed by atoms with E-state index in [1.165, 1.54) is 17.7 Å². The number of aryl methyl sites for hydroxylation is 1. The minimum Gasteiger partial charge on any atom is -0.370 e. The maximum Gasteiger partial charge on any atom is 0.0582 e. The number of rotatable bonds is 1. The highest BCUT2D eigenvalue weighted by atomic mass is 15.1. The Kier molecular flexibility index (Phi) is 4.00. The molecule has 0 amide bonds. The van der Waals surface area contributed by atoms with E-state index in [4.69, 9.17) is 0 Å². The van der Waals surface area contributed by atoms with Gasteiger partial charge in [0, 0.05) is 25.3 Å². The first-order valence-electron chi connectivity index (χ1n) is 6.55. The average molecular weight is 233 g/mol. The highest BCUT2D eigenvalue weighted by Crippen LogP contribution is 2.20. The highest BCUT2D eigenvalue weighted by Gasteiger charge is 2.17. The summed E-state index contributed by atoms with van der Waals surface area (Å²) in [5.74, 6) is 0.678. The number of hydrogen-bond acceptors (Lipinski definition) is 3. The van der Waals surface area contributed by atoms with Gasteiger partial charge in [-0.05, 0) is 44.4 Å². The molecule has 1 aromatic rings. The number of hydrogen-bond donors (Lipinski definition) is 1. The molecule has 1 aliphatic rings. The van der Waals surface area contributed by atoms with Crippen molar-refractivity contribution < 1.29 is 0 Å². The fourth-order valence-electron chi connectivity index (χ4n) is 2.39. The largest absolute Gasteiger partial charge is 0.370 e. The average Bonchev–Trinajstić information content (AvgIpc) is 2.31. The zero-order chi connectivity index (χ0) is 12.3. The van der Waals surface area contributed by atoms with Gasteiger partial charge in [-0.25, -0.2) is 0 Å². The van der Waals surface area contributed by atoms with E-state index in [0.29, 0.717) is 12.0 Å². The predicted octanol–water partition coefficient (Wildman–Crippen LogP) is 2.21. The van der Waals surface area contributed by atoms with Gasteiger partial charge >= 0.3 is 0 Å². The maximum absolute atomic E-state index is 4.26. The number of nitrogens with one attached hydrogen (secondary N) is 1. The Morgan fingerprint density at radius 1 is 1.41 bits per heavy atom. The van der Waals surface area contributed by atoms with Gasteiger partial charge in [-0.1, -0.05) is 6.92 Å². The van der Waals surface area contributed by atoms with E-state index in [0.717, 1.165) is 19.6 Å². The van der Waals surface area contributed by atoms with Gasteiger partial charge < -0.3 is 10.2 Å². The lowest BCUT2D eigenvalue weighted by atomic mass is 10.1. The van der Waals surface area contributed by atoms with Gasteiger partial charge in [-0.3, -0.25) is 4.98 Å². The summed E-state index contributed by atoms with van der Waals surface area (Å²) < 4.78 is 0. The topological polar surface area (TPSA) is 28.2 Å². The third-order valence-corrected chi connectivity index (χ3v) is 3.53. The second-order valence-corrected chi connectivity index (χ2v) is 5.31. The Hall–Kier alpha value is -1.09. The van der Waals surface area contributed by atoms with Crippen LogP contribution in [0.15, 0.2) is 18.5 Å². The van der Waals surface area contributed by atoms with E-state index in [1.807, 2.05) is 12.4 Å². The molecule has 0 radical (unpaired) electrons. The van der Waals surface area contributed by atoms with Crippen LogP contribution in [-0.2, 0) is 0 Å². The Morgan fingerprint density at radius 3 is 3.00 bits per heavy atom. The van der Waals surface area contributed by atoms with E-state index >= 15 is 0 Å².